The maximum Gasteiger partial charge on any atom is 0.221 e. The average molecular weight is 264 g/mol. The highest BCUT2D eigenvalue weighted by Gasteiger charge is 2.02. The summed E-state index contributed by atoms with van der Waals surface area (Å²) in [6, 6.07) is 8.09. The van der Waals surface area contributed by atoms with Crippen molar-refractivity contribution in [1.29, 1.82) is 0 Å². The largest absolute Gasteiger partial charge is 0.385 e. The first kappa shape index (κ1) is 15.7. The standard InChI is InChI=1S/C15H24N2O2/c1-13-6-3-4-7-14(13)12-17-15(18)8-10-16-9-5-11-19-2/h3-4,6-7,16H,5,8-12H2,1-2H3,(H,17,18). The molecule has 4 nitrogen and oxygen atoms in total. The first-order valence-electron chi connectivity index (χ1n) is 6.75. The molecule has 106 valence electrons. The molecule has 19 heavy (non-hydrogen) atoms. The molecule has 1 aromatic rings. The molecule has 0 saturated carbocycles. The van der Waals surface area contributed by atoms with Crippen LogP contribution < -0.4 is 10.6 Å². The zero-order chi connectivity index (χ0) is 13.9. The normalized spacial score (nSPS) is 10.4. The van der Waals surface area contributed by atoms with Gasteiger partial charge in [0.05, 0.1) is 0 Å². The summed E-state index contributed by atoms with van der Waals surface area (Å²) in [6.45, 7) is 5.02. The Kier molecular flexibility index (Phi) is 7.86. The van der Waals surface area contributed by atoms with Crippen molar-refractivity contribution in [3.8, 4) is 0 Å². The van der Waals surface area contributed by atoms with Gasteiger partial charge in [0.25, 0.3) is 0 Å². The van der Waals surface area contributed by atoms with Gasteiger partial charge in [-0.25, -0.2) is 0 Å². The van der Waals surface area contributed by atoms with Gasteiger partial charge in [-0.05, 0) is 31.0 Å². The third-order valence-electron chi connectivity index (χ3n) is 2.97. The minimum atomic E-state index is 0.0856. The molecule has 0 atom stereocenters. The maximum atomic E-state index is 11.6. The summed E-state index contributed by atoms with van der Waals surface area (Å²) in [7, 11) is 1.69. The highest BCUT2D eigenvalue weighted by Crippen LogP contribution is 2.05. The van der Waals surface area contributed by atoms with Crippen LogP contribution in [0, 0.1) is 6.92 Å². The second-order valence-corrected chi connectivity index (χ2v) is 4.55. The van der Waals surface area contributed by atoms with Crippen LogP contribution >= 0.6 is 0 Å². The molecule has 0 aliphatic rings. The number of aryl methyl sites for hydroxylation is 1. The van der Waals surface area contributed by atoms with Gasteiger partial charge in [0.1, 0.15) is 0 Å². The third-order valence-corrected chi connectivity index (χ3v) is 2.97. The van der Waals surface area contributed by atoms with Gasteiger partial charge in [-0.15, -0.1) is 0 Å². The van der Waals surface area contributed by atoms with Crippen LogP contribution in [-0.2, 0) is 16.1 Å². The molecule has 0 saturated heterocycles. The first-order chi connectivity index (χ1) is 9.24. The van der Waals surface area contributed by atoms with Crippen molar-refractivity contribution in [2.45, 2.75) is 26.3 Å². The average Bonchev–Trinajstić information content (AvgIpc) is 2.42. The van der Waals surface area contributed by atoms with E-state index in [1.807, 2.05) is 18.2 Å². The summed E-state index contributed by atoms with van der Waals surface area (Å²) in [4.78, 5) is 11.6. The number of carbonyl (C=O) groups is 1. The minimum Gasteiger partial charge on any atom is -0.385 e. The van der Waals surface area contributed by atoms with E-state index in [0.717, 1.165) is 19.6 Å². The Bertz CT molecular complexity index is 380. The summed E-state index contributed by atoms with van der Waals surface area (Å²) in [5.41, 5.74) is 2.38. The molecule has 0 unspecified atom stereocenters. The van der Waals surface area contributed by atoms with Gasteiger partial charge in [0.2, 0.25) is 5.91 Å². The van der Waals surface area contributed by atoms with E-state index in [2.05, 4.69) is 23.6 Å². The quantitative estimate of drug-likeness (QED) is 0.667. The lowest BCUT2D eigenvalue weighted by atomic mass is 10.1. The molecule has 0 bridgehead atoms. The molecule has 0 heterocycles. The van der Waals surface area contributed by atoms with Crippen LogP contribution in [-0.4, -0.2) is 32.7 Å². The Balaban J connectivity index is 2.10. The van der Waals surface area contributed by atoms with Crippen molar-refractivity contribution in [2.75, 3.05) is 26.8 Å². The summed E-state index contributed by atoms with van der Waals surface area (Å²) in [5, 5.41) is 6.16. The van der Waals surface area contributed by atoms with E-state index >= 15 is 0 Å². The highest BCUT2D eigenvalue weighted by molar-refractivity contribution is 5.76. The molecule has 0 fully saturated rings. The fourth-order valence-corrected chi connectivity index (χ4v) is 1.76. The van der Waals surface area contributed by atoms with Gasteiger partial charge < -0.3 is 15.4 Å². The second kappa shape index (κ2) is 9.53. The maximum absolute atomic E-state index is 11.6. The Morgan fingerprint density at radius 3 is 2.79 bits per heavy atom. The minimum absolute atomic E-state index is 0.0856. The van der Waals surface area contributed by atoms with E-state index in [4.69, 9.17) is 4.74 Å². The van der Waals surface area contributed by atoms with Gasteiger partial charge in [0.15, 0.2) is 0 Å². The van der Waals surface area contributed by atoms with Crippen LogP contribution in [0.25, 0.3) is 0 Å². The van der Waals surface area contributed by atoms with Crippen LogP contribution in [0.2, 0.25) is 0 Å². The summed E-state index contributed by atoms with van der Waals surface area (Å²) < 4.78 is 4.95. The summed E-state index contributed by atoms with van der Waals surface area (Å²) in [5.74, 6) is 0.0856. The summed E-state index contributed by atoms with van der Waals surface area (Å²) in [6.07, 6.45) is 1.49. The van der Waals surface area contributed by atoms with Crippen molar-refractivity contribution in [2.24, 2.45) is 0 Å². The predicted octanol–water partition coefficient (Wildman–Crippen LogP) is 1.63. The number of amides is 1. The Morgan fingerprint density at radius 1 is 1.26 bits per heavy atom. The van der Waals surface area contributed by atoms with Crippen LogP contribution in [0.3, 0.4) is 0 Å². The first-order valence-corrected chi connectivity index (χ1v) is 6.75. The lowest BCUT2D eigenvalue weighted by Crippen LogP contribution is -2.28. The number of benzene rings is 1. The van der Waals surface area contributed by atoms with Crippen molar-refractivity contribution in [3.63, 3.8) is 0 Å². The van der Waals surface area contributed by atoms with Crippen LogP contribution in [0.1, 0.15) is 24.0 Å². The Labute approximate surface area is 115 Å². The van der Waals surface area contributed by atoms with Crippen molar-refractivity contribution in [1.82, 2.24) is 10.6 Å². The van der Waals surface area contributed by atoms with E-state index in [-0.39, 0.29) is 5.91 Å². The fourth-order valence-electron chi connectivity index (χ4n) is 1.76. The molecule has 2 N–H and O–H groups in total. The van der Waals surface area contributed by atoms with E-state index in [1.165, 1.54) is 11.1 Å². The van der Waals surface area contributed by atoms with Crippen LogP contribution in [0.5, 0.6) is 0 Å². The predicted molar refractivity (Wildman–Crippen MR) is 77.0 cm³/mol. The van der Waals surface area contributed by atoms with Gasteiger partial charge >= 0.3 is 0 Å². The number of hydrogen-bond acceptors (Lipinski definition) is 3. The van der Waals surface area contributed by atoms with E-state index in [0.29, 0.717) is 19.5 Å². The zero-order valence-corrected chi connectivity index (χ0v) is 11.9. The fraction of sp³-hybridized carbons (Fsp3) is 0.533. The Morgan fingerprint density at radius 2 is 2.05 bits per heavy atom. The molecule has 4 heteroatoms. The summed E-state index contributed by atoms with van der Waals surface area (Å²) >= 11 is 0. The zero-order valence-electron chi connectivity index (χ0n) is 11.9. The molecule has 0 aliphatic carbocycles. The van der Waals surface area contributed by atoms with Gasteiger partial charge in [-0.3, -0.25) is 4.79 Å². The molecule has 1 aromatic carbocycles. The molecule has 1 rings (SSSR count). The smallest absolute Gasteiger partial charge is 0.221 e. The second-order valence-electron chi connectivity index (χ2n) is 4.55. The molecular weight excluding hydrogens is 240 g/mol. The number of hydrogen-bond donors (Lipinski definition) is 2. The number of methoxy groups -OCH3 is 1. The van der Waals surface area contributed by atoms with E-state index < -0.39 is 0 Å². The molecule has 0 spiro atoms. The van der Waals surface area contributed by atoms with Gasteiger partial charge in [-0.1, -0.05) is 24.3 Å². The topological polar surface area (TPSA) is 50.4 Å². The molecule has 1 amide bonds. The molecule has 0 aromatic heterocycles. The number of nitrogens with one attached hydrogen (secondary N) is 2. The molecular formula is C15H24N2O2. The van der Waals surface area contributed by atoms with Crippen molar-refractivity contribution < 1.29 is 9.53 Å². The number of rotatable bonds is 9. The lowest BCUT2D eigenvalue weighted by molar-refractivity contribution is -0.121. The monoisotopic (exact) mass is 264 g/mol. The van der Waals surface area contributed by atoms with Gasteiger partial charge in [0, 0.05) is 33.2 Å². The molecule has 0 radical (unpaired) electrons. The Hall–Kier alpha value is -1.39. The van der Waals surface area contributed by atoms with E-state index in [9.17, 15) is 4.79 Å². The van der Waals surface area contributed by atoms with Crippen molar-refractivity contribution >= 4 is 5.91 Å². The highest BCUT2D eigenvalue weighted by atomic mass is 16.5. The number of ether oxygens (including phenoxy) is 1. The number of carbonyl (C=O) groups excluding carboxylic acids is 1. The SMILES string of the molecule is COCCCNCCC(=O)NCc1ccccc1C. The third kappa shape index (κ3) is 6.94. The van der Waals surface area contributed by atoms with E-state index in [1.54, 1.807) is 7.11 Å². The molecule has 0 aliphatic heterocycles. The van der Waals surface area contributed by atoms with Crippen molar-refractivity contribution in [3.05, 3.63) is 35.4 Å². The van der Waals surface area contributed by atoms with Crippen LogP contribution in [0.4, 0.5) is 0 Å². The lowest BCUT2D eigenvalue weighted by Gasteiger charge is -2.08. The van der Waals surface area contributed by atoms with Crippen LogP contribution in [0.15, 0.2) is 24.3 Å². The van der Waals surface area contributed by atoms with Gasteiger partial charge in [-0.2, -0.15) is 0 Å².